The van der Waals surface area contributed by atoms with Gasteiger partial charge in [-0.1, -0.05) is 32.0 Å². The van der Waals surface area contributed by atoms with Gasteiger partial charge in [0.2, 0.25) is 0 Å². The molecule has 4 heteroatoms. The average Bonchev–Trinajstić information content (AvgIpc) is 2.30. The van der Waals surface area contributed by atoms with Gasteiger partial charge in [-0.05, 0) is 40.1 Å². The molecule has 0 aliphatic rings. The predicted molar refractivity (Wildman–Crippen MR) is 76.6 cm³/mol. The number of halogens is 1. The monoisotopic (exact) mass is 347 g/mol. The lowest BCUT2D eigenvalue weighted by molar-refractivity contribution is -0.148. The van der Waals surface area contributed by atoms with Crippen molar-refractivity contribution in [2.45, 2.75) is 25.8 Å². The summed E-state index contributed by atoms with van der Waals surface area (Å²) in [6.07, 6.45) is 0.496. The molecule has 2 N–H and O–H groups in total. The van der Waals surface area contributed by atoms with Crippen molar-refractivity contribution in [3.63, 3.8) is 0 Å². The van der Waals surface area contributed by atoms with Gasteiger partial charge < -0.3 is 10.5 Å². The minimum atomic E-state index is -0.962. The van der Waals surface area contributed by atoms with Crippen LogP contribution in [0.4, 0.5) is 0 Å². The lowest BCUT2D eigenvalue weighted by Crippen LogP contribution is -2.55. The van der Waals surface area contributed by atoms with Gasteiger partial charge in [-0.3, -0.25) is 4.79 Å². The molecule has 0 saturated heterocycles. The lowest BCUT2D eigenvalue weighted by Gasteiger charge is -2.30. The number of carbonyl (C=O) groups excluding carboxylic acids is 1. The predicted octanol–water partition coefficient (Wildman–Crippen LogP) is 2.36. The van der Waals surface area contributed by atoms with Gasteiger partial charge in [-0.2, -0.15) is 0 Å². The van der Waals surface area contributed by atoms with E-state index in [1.807, 2.05) is 38.1 Å². The second kappa shape index (κ2) is 5.82. The molecule has 0 aliphatic carbocycles. The topological polar surface area (TPSA) is 52.3 Å². The molecule has 0 heterocycles. The molecule has 1 atom stereocenters. The molecule has 0 amide bonds. The summed E-state index contributed by atoms with van der Waals surface area (Å²) in [6, 6.07) is 7.93. The third-order valence-corrected chi connectivity index (χ3v) is 4.09. The van der Waals surface area contributed by atoms with E-state index in [4.69, 9.17) is 10.5 Å². The van der Waals surface area contributed by atoms with Gasteiger partial charge >= 0.3 is 5.97 Å². The smallest absolute Gasteiger partial charge is 0.326 e. The molecule has 0 bridgehead atoms. The van der Waals surface area contributed by atoms with Crippen molar-refractivity contribution >= 4 is 28.6 Å². The molecule has 17 heavy (non-hydrogen) atoms. The summed E-state index contributed by atoms with van der Waals surface area (Å²) >= 11 is 2.25. The zero-order chi connectivity index (χ0) is 13.1. The number of ether oxygens (including phenoxy) is 1. The molecular formula is C13H18INO2. The third-order valence-electron chi connectivity index (χ3n) is 3.04. The van der Waals surface area contributed by atoms with Gasteiger partial charge in [0.15, 0.2) is 0 Å². The number of rotatable bonds is 4. The Hall–Kier alpha value is -0.620. The van der Waals surface area contributed by atoms with Gasteiger partial charge in [0.05, 0.1) is 7.11 Å². The Balaban J connectivity index is 3.04. The Morgan fingerprint density at radius 1 is 1.47 bits per heavy atom. The fourth-order valence-corrected chi connectivity index (χ4v) is 2.24. The average molecular weight is 347 g/mol. The van der Waals surface area contributed by atoms with Crippen molar-refractivity contribution < 1.29 is 9.53 Å². The second-order valence-electron chi connectivity index (χ2n) is 4.45. The number of methoxy groups -OCH3 is 1. The maximum Gasteiger partial charge on any atom is 0.326 e. The highest BCUT2D eigenvalue weighted by Crippen LogP contribution is 2.24. The Labute approximate surface area is 116 Å². The van der Waals surface area contributed by atoms with E-state index < -0.39 is 5.54 Å². The molecule has 3 nitrogen and oxygen atoms in total. The highest BCUT2D eigenvalue weighted by Gasteiger charge is 2.39. The molecule has 1 aromatic rings. The third kappa shape index (κ3) is 3.19. The van der Waals surface area contributed by atoms with Gasteiger partial charge in [-0.15, -0.1) is 0 Å². The summed E-state index contributed by atoms with van der Waals surface area (Å²) in [4.78, 5) is 11.8. The van der Waals surface area contributed by atoms with Gasteiger partial charge in [0.25, 0.3) is 0 Å². The van der Waals surface area contributed by atoms with Crippen molar-refractivity contribution in [2.75, 3.05) is 7.11 Å². The van der Waals surface area contributed by atoms with Crippen LogP contribution in [0.3, 0.4) is 0 Å². The zero-order valence-corrected chi connectivity index (χ0v) is 12.5. The van der Waals surface area contributed by atoms with Crippen molar-refractivity contribution in [3.8, 4) is 0 Å². The minimum absolute atomic E-state index is 0.0194. The van der Waals surface area contributed by atoms with Crippen LogP contribution in [-0.2, 0) is 16.0 Å². The van der Waals surface area contributed by atoms with Crippen LogP contribution in [0.25, 0.3) is 0 Å². The first kappa shape index (κ1) is 14.4. The van der Waals surface area contributed by atoms with E-state index in [9.17, 15) is 4.79 Å². The molecule has 0 aromatic heterocycles. The lowest BCUT2D eigenvalue weighted by atomic mass is 9.82. The van der Waals surface area contributed by atoms with Crippen molar-refractivity contribution in [3.05, 3.63) is 33.4 Å². The number of benzene rings is 1. The Morgan fingerprint density at radius 2 is 2.06 bits per heavy atom. The largest absolute Gasteiger partial charge is 0.468 e. The quantitative estimate of drug-likeness (QED) is 0.672. The summed E-state index contributed by atoms with van der Waals surface area (Å²) in [5.74, 6) is -0.335. The van der Waals surface area contributed by atoms with Crippen molar-refractivity contribution in [1.82, 2.24) is 0 Å². The van der Waals surface area contributed by atoms with Gasteiger partial charge in [-0.25, -0.2) is 0 Å². The zero-order valence-electron chi connectivity index (χ0n) is 10.4. The maximum atomic E-state index is 11.8. The normalized spacial score (nSPS) is 14.5. The van der Waals surface area contributed by atoms with Crippen LogP contribution in [0.5, 0.6) is 0 Å². The fourth-order valence-electron chi connectivity index (χ4n) is 1.66. The number of esters is 1. The second-order valence-corrected chi connectivity index (χ2v) is 5.62. The molecule has 0 unspecified atom stereocenters. The summed E-state index contributed by atoms with van der Waals surface area (Å²) < 4.78 is 5.94. The maximum absolute atomic E-state index is 11.8. The fraction of sp³-hybridized carbons (Fsp3) is 0.462. The number of hydrogen-bond acceptors (Lipinski definition) is 3. The Bertz CT molecular complexity index is 406. The van der Waals surface area contributed by atoms with Crippen LogP contribution in [0.15, 0.2) is 24.3 Å². The summed E-state index contributed by atoms with van der Waals surface area (Å²) in [5.41, 5.74) is 6.33. The highest BCUT2D eigenvalue weighted by atomic mass is 127. The molecule has 94 valence electrons. The first-order chi connectivity index (χ1) is 7.91. The molecular weight excluding hydrogens is 329 g/mol. The number of carbonyl (C=O) groups is 1. The molecule has 1 rings (SSSR count). The summed E-state index contributed by atoms with van der Waals surface area (Å²) in [5, 5.41) is 0. The van der Waals surface area contributed by atoms with Crippen molar-refractivity contribution in [1.29, 1.82) is 0 Å². The standard InChI is InChI=1S/C13H18INO2/c1-9(2)13(15,12(16)17-3)8-10-6-4-5-7-11(10)14/h4-7,9H,8,15H2,1-3H3/t13-/m0/s1. The van der Waals surface area contributed by atoms with E-state index in [1.165, 1.54) is 7.11 Å². The molecule has 1 aromatic carbocycles. The Morgan fingerprint density at radius 3 is 2.53 bits per heavy atom. The molecule has 0 saturated carbocycles. The van der Waals surface area contributed by atoms with E-state index in [0.717, 1.165) is 9.13 Å². The highest BCUT2D eigenvalue weighted by molar-refractivity contribution is 14.1. The first-order valence-corrected chi connectivity index (χ1v) is 6.60. The van der Waals surface area contributed by atoms with E-state index in [0.29, 0.717) is 6.42 Å². The van der Waals surface area contributed by atoms with Gasteiger partial charge in [0, 0.05) is 9.99 Å². The van der Waals surface area contributed by atoms with Crippen molar-refractivity contribution in [2.24, 2.45) is 11.7 Å². The SMILES string of the molecule is COC(=O)[C@](N)(Cc1ccccc1I)C(C)C. The van der Waals surface area contributed by atoms with Crippen LogP contribution in [0, 0.1) is 9.49 Å². The van der Waals surface area contributed by atoms with Crippen LogP contribution >= 0.6 is 22.6 Å². The van der Waals surface area contributed by atoms with Gasteiger partial charge in [0.1, 0.15) is 5.54 Å². The van der Waals surface area contributed by atoms with Crippen LogP contribution in [0.1, 0.15) is 19.4 Å². The molecule has 0 aliphatic heterocycles. The molecule has 0 radical (unpaired) electrons. The molecule has 0 spiro atoms. The van der Waals surface area contributed by atoms with E-state index in [-0.39, 0.29) is 11.9 Å². The summed E-state index contributed by atoms with van der Waals surface area (Å²) in [6.45, 7) is 3.87. The van der Waals surface area contributed by atoms with E-state index >= 15 is 0 Å². The van der Waals surface area contributed by atoms with Crippen LogP contribution in [-0.4, -0.2) is 18.6 Å². The number of hydrogen-bond donors (Lipinski definition) is 1. The minimum Gasteiger partial charge on any atom is -0.468 e. The summed E-state index contributed by atoms with van der Waals surface area (Å²) in [7, 11) is 1.38. The van der Waals surface area contributed by atoms with E-state index in [1.54, 1.807) is 0 Å². The molecule has 0 fully saturated rings. The number of nitrogens with two attached hydrogens (primary N) is 1. The first-order valence-electron chi connectivity index (χ1n) is 5.52. The van der Waals surface area contributed by atoms with E-state index in [2.05, 4.69) is 22.6 Å². The van der Waals surface area contributed by atoms with Crippen LogP contribution < -0.4 is 5.73 Å². The van der Waals surface area contributed by atoms with Crippen LogP contribution in [0.2, 0.25) is 0 Å². The Kier molecular flexibility index (Phi) is 4.94.